The summed E-state index contributed by atoms with van der Waals surface area (Å²) >= 11 is 0. The molecule has 31 heavy (non-hydrogen) atoms. The van der Waals surface area contributed by atoms with Gasteiger partial charge in [0, 0.05) is 38.8 Å². The molecule has 2 aromatic heterocycles. The molecule has 4 heterocycles. The van der Waals surface area contributed by atoms with Crippen molar-refractivity contribution in [2.75, 3.05) is 31.5 Å². The van der Waals surface area contributed by atoms with Gasteiger partial charge in [0.25, 0.3) is 11.8 Å². The number of aromatic nitrogens is 3. The normalized spacial score (nSPS) is 17.4. The molecule has 0 bridgehead atoms. The van der Waals surface area contributed by atoms with E-state index in [0.29, 0.717) is 43.1 Å². The van der Waals surface area contributed by atoms with Crippen molar-refractivity contribution in [3.05, 3.63) is 17.8 Å². The van der Waals surface area contributed by atoms with Crippen LogP contribution in [0.15, 0.2) is 16.7 Å². The maximum Gasteiger partial charge on any atom is 0.322 e. The molecule has 1 fully saturated rings. The third-order valence-corrected chi connectivity index (χ3v) is 5.84. The molecule has 11 heteroatoms. The van der Waals surface area contributed by atoms with Gasteiger partial charge in [-0.2, -0.15) is 13.8 Å². The number of carbonyl (C=O) groups excluding carboxylic acids is 2. The molecule has 0 radical (unpaired) electrons. The number of unbranched alkanes of at least 4 members (excludes halogenated alkanes) is 1. The van der Waals surface area contributed by atoms with Crippen LogP contribution in [-0.2, 0) is 11.3 Å². The molecular formula is C20H26F2N6O3. The van der Waals surface area contributed by atoms with Crippen molar-refractivity contribution in [3.63, 3.8) is 0 Å². The third-order valence-electron chi connectivity index (χ3n) is 5.84. The molecule has 0 spiro atoms. The Kier molecular flexibility index (Phi) is 6.19. The smallest absolute Gasteiger partial charge is 0.322 e. The lowest BCUT2D eigenvalue weighted by atomic mass is 10.1. The Bertz CT molecular complexity index is 935. The molecule has 2 aliphatic heterocycles. The number of piperidine rings is 1. The Hall–Kier alpha value is -2.98. The number of amides is 2. The number of hydrogen-bond donors (Lipinski definition) is 1. The Morgan fingerprint density at radius 3 is 2.68 bits per heavy atom. The van der Waals surface area contributed by atoms with Gasteiger partial charge in [-0.25, -0.2) is 0 Å². The average Bonchev–Trinajstić information content (AvgIpc) is 3.40. The van der Waals surface area contributed by atoms with Crippen LogP contribution in [-0.4, -0.2) is 75.0 Å². The Balaban J connectivity index is 1.38. The van der Waals surface area contributed by atoms with E-state index >= 15 is 0 Å². The lowest BCUT2D eigenvalue weighted by molar-refractivity contribution is -0.143. The van der Waals surface area contributed by atoms with Crippen LogP contribution in [0.3, 0.4) is 0 Å². The van der Waals surface area contributed by atoms with E-state index in [1.54, 1.807) is 6.07 Å². The summed E-state index contributed by atoms with van der Waals surface area (Å²) in [5, 5.41) is 7.16. The minimum atomic E-state index is -2.97. The van der Waals surface area contributed by atoms with Gasteiger partial charge in [-0.15, -0.1) is 0 Å². The van der Waals surface area contributed by atoms with Gasteiger partial charge in [-0.1, -0.05) is 18.5 Å². The fourth-order valence-electron chi connectivity index (χ4n) is 4.08. The number of anilines is 1. The van der Waals surface area contributed by atoms with Crippen LogP contribution in [0.1, 0.15) is 43.1 Å². The zero-order valence-electron chi connectivity index (χ0n) is 17.4. The summed E-state index contributed by atoms with van der Waals surface area (Å²) in [5.41, 5.74) is 1.33. The van der Waals surface area contributed by atoms with Gasteiger partial charge in [0.2, 0.25) is 5.82 Å². The minimum Gasteiger partial charge on any atom is -0.338 e. The Morgan fingerprint density at radius 2 is 1.97 bits per heavy atom. The predicted molar refractivity (Wildman–Crippen MR) is 108 cm³/mol. The van der Waals surface area contributed by atoms with E-state index in [-0.39, 0.29) is 31.1 Å². The van der Waals surface area contributed by atoms with Crippen LogP contribution in [0.25, 0.3) is 11.5 Å². The summed E-state index contributed by atoms with van der Waals surface area (Å²) in [6.07, 6.45) is 0.0731. The first-order valence-electron chi connectivity index (χ1n) is 10.6. The molecule has 0 atom stereocenters. The van der Waals surface area contributed by atoms with E-state index in [1.807, 2.05) is 15.5 Å². The van der Waals surface area contributed by atoms with E-state index in [9.17, 15) is 18.4 Å². The number of hydrogen-bond acceptors (Lipinski definition) is 6. The summed E-state index contributed by atoms with van der Waals surface area (Å²) in [6.45, 7) is 4.68. The third kappa shape index (κ3) is 4.40. The number of alkyl halides is 2. The molecule has 4 rings (SSSR count). The molecule has 0 unspecified atom stereocenters. The molecule has 9 nitrogen and oxygen atoms in total. The number of nitrogens with one attached hydrogen (secondary N) is 1. The van der Waals surface area contributed by atoms with Crippen molar-refractivity contribution in [3.8, 4) is 11.5 Å². The summed E-state index contributed by atoms with van der Waals surface area (Å²) in [7, 11) is 0. The van der Waals surface area contributed by atoms with Crippen LogP contribution in [0.5, 0.6) is 0 Å². The number of nitrogens with zero attached hydrogens (tertiary/aromatic N) is 5. The zero-order chi connectivity index (χ0) is 22.0. The van der Waals surface area contributed by atoms with Crippen molar-refractivity contribution in [1.29, 1.82) is 0 Å². The molecule has 1 saturated heterocycles. The lowest BCUT2D eigenvalue weighted by Crippen LogP contribution is -2.44. The molecule has 0 saturated carbocycles. The quantitative estimate of drug-likeness (QED) is 0.716. The fraction of sp³-hybridized carbons (Fsp3) is 0.600. The molecule has 2 aromatic rings. The number of fused-ring (bicyclic) bond motifs is 1. The van der Waals surface area contributed by atoms with Gasteiger partial charge >= 0.3 is 12.4 Å². The van der Waals surface area contributed by atoms with Crippen LogP contribution in [0.2, 0.25) is 0 Å². The highest BCUT2D eigenvalue weighted by molar-refractivity contribution is 5.94. The second kappa shape index (κ2) is 9.03. The van der Waals surface area contributed by atoms with E-state index < -0.39 is 12.3 Å². The summed E-state index contributed by atoms with van der Waals surface area (Å²) in [6, 6.07) is 3.79. The summed E-state index contributed by atoms with van der Waals surface area (Å²) in [4.78, 5) is 31.5. The second-order valence-corrected chi connectivity index (χ2v) is 7.87. The first-order chi connectivity index (χ1) is 15.0. The van der Waals surface area contributed by atoms with Crippen LogP contribution >= 0.6 is 0 Å². The monoisotopic (exact) mass is 436 g/mol. The fourth-order valence-corrected chi connectivity index (χ4v) is 4.08. The van der Waals surface area contributed by atoms with Crippen molar-refractivity contribution >= 4 is 17.8 Å². The van der Waals surface area contributed by atoms with Crippen molar-refractivity contribution in [1.82, 2.24) is 24.5 Å². The van der Waals surface area contributed by atoms with E-state index in [4.69, 9.17) is 4.52 Å². The molecule has 2 aliphatic rings. The average molecular weight is 436 g/mol. The SMILES string of the molecule is CCCCN1CCn2c(ccc2-c2noc(NC3CCN(C(=O)C(F)F)CC3)n2)C1=O. The van der Waals surface area contributed by atoms with Crippen LogP contribution < -0.4 is 5.32 Å². The Morgan fingerprint density at radius 1 is 1.23 bits per heavy atom. The van der Waals surface area contributed by atoms with Crippen molar-refractivity contribution < 1.29 is 22.9 Å². The minimum absolute atomic E-state index is 0.0119. The van der Waals surface area contributed by atoms with Gasteiger partial charge in [0.05, 0.1) is 5.69 Å². The Labute approximate surface area is 178 Å². The van der Waals surface area contributed by atoms with Gasteiger partial charge in [-0.3, -0.25) is 9.59 Å². The first kappa shape index (κ1) is 21.3. The highest BCUT2D eigenvalue weighted by Gasteiger charge is 2.30. The van der Waals surface area contributed by atoms with E-state index in [0.717, 1.165) is 19.4 Å². The number of halogens is 2. The lowest BCUT2D eigenvalue weighted by Gasteiger charge is -2.31. The number of rotatable bonds is 7. The van der Waals surface area contributed by atoms with Crippen LogP contribution in [0, 0.1) is 0 Å². The number of carbonyl (C=O) groups is 2. The highest BCUT2D eigenvalue weighted by atomic mass is 19.3. The standard InChI is InChI=1S/C20H26F2N6O3/c1-2-3-8-26-11-12-28-14(4-5-15(28)18(26)29)17-24-20(31-25-17)23-13-6-9-27(10-7-13)19(30)16(21)22/h4-5,13,16H,2-3,6-12H2,1H3,(H,23,24,25). The second-order valence-electron chi connectivity index (χ2n) is 7.87. The van der Waals surface area contributed by atoms with Crippen molar-refractivity contribution in [2.24, 2.45) is 0 Å². The summed E-state index contributed by atoms with van der Waals surface area (Å²) in [5.74, 6) is -0.730. The van der Waals surface area contributed by atoms with Gasteiger partial charge in [-0.05, 0) is 31.4 Å². The molecule has 1 N–H and O–H groups in total. The summed E-state index contributed by atoms with van der Waals surface area (Å²) < 4.78 is 32.3. The maximum atomic E-state index is 12.7. The zero-order valence-corrected chi connectivity index (χ0v) is 17.4. The maximum absolute atomic E-state index is 12.7. The number of likely N-dealkylation sites (tertiary alicyclic amines) is 1. The largest absolute Gasteiger partial charge is 0.338 e. The molecular weight excluding hydrogens is 410 g/mol. The van der Waals surface area contributed by atoms with Crippen molar-refractivity contribution in [2.45, 2.75) is 51.6 Å². The van der Waals surface area contributed by atoms with Gasteiger partial charge in [0.1, 0.15) is 5.69 Å². The molecule has 0 aliphatic carbocycles. The first-order valence-corrected chi connectivity index (χ1v) is 10.6. The highest BCUT2D eigenvalue weighted by Crippen LogP contribution is 2.26. The van der Waals surface area contributed by atoms with Crippen LogP contribution in [0.4, 0.5) is 14.8 Å². The van der Waals surface area contributed by atoms with Gasteiger partial charge in [0.15, 0.2) is 0 Å². The topological polar surface area (TPSA) is 96.5 Å². The van der Waals surface area contributed by atoms with Gasteiger partial charge < -0.3 is 24.2 Å². The molecule has 168 valence electrons. The molecule has 2 amide bonds. The van der Waals surface area contributed by atoms with E-state index in [2.05, 4.69) is 22.4 Å². The molecule has 0 aromatic carbocycles. The predicted octanol–water partition coefficient (Wildman–Crippen LogP) is 2.46. The van der Waals surface area contributed by atoms with E-state index in [1.165, 1.54) is 4.90 Å².